The molecule has 0 radical (unpaired) electrons. The normalized spacial score (nSPS) is 42.3. The zero-order valence-corrected chi connectivity index (χ0v) is 40.6. The molecule has 0 saturated carbocycles. The van der Waals surface area contributed by atoms with Crippen molar-refractivity contribution in [2.45, 2.75) is 192 Å². The molecule has 7 N–H and O–H groups in total. The second-order valence-electron chi connectivity index (χ2n) is 19.8. The highest BCUT2D eigenvalue weighted by atomic mass is 16.7. The molecule has 0 aromatic heterocycles. The van der Waals surface area contributed by atoms with Gasteiger partial charge in [-0.2, -0.15) is 0 Å². The van der Waals surface area contributed by atoms with Crippen molar-refractivity contribution in [3.05, 3.63) is 35.9 Å². The molecule has 3 aliphatic rings. The molecule has 0 spiro atoms. The lowest BCUT2D eigenvalue weighted by atomic mass is 9.77. The Morgan fingerprint density at radius 3 is 2.20 bits per heavy atom. The van der Waals surface area contributed by atoms with Gasteiger partial charge in [0.15, 0.2) is 12.6 Å². The molecule has 0 aliphatic carbocycles. The number of esters is 1. The van der Waals surface area contributed by atoms with Gasteiger partial charge in [0.1, 0.15) is 30.0 Å². The molecule has 17 nitrogen and oxygen atoms in total. The van der Waals surface area contributed by atoms with Gasteiger partial charge in [-0.1, -0.05) is 51.1 Å². The Kier molecular flexibility index (Phi) is 19.4. The van der Waals surface area contributed by atoms with E-state index in [2.05, 4.69) is 10.6 Å². The minimum atomic E-state index is -1.93. The average Bonchev–Trinajstić information content (AvgIpc) is 3.23. The third-order valence-corrected chi connectivity index (χ3v) is 14.0. The van der Waals surface area contributed by atoms with Gasteiger partial charge in [0, 0.05) is 57.7 Å². The number of ether oxygens (including phenoxy) is 6. The van der Waals surface area contributed by atoms with Gasteiger partial charge >= 0.3 is 12.0 Å². The molecule has 64 heavy (non-hydrogen) atoms. The number of aliphatic hydroxyl groups excluding tert-OH is 3. The van der Waals surface area contributed by atoms with Gasteiger partial charge in [-0.3, -0.25) is 9.69 Å². The number of nitrogens with one attached hydrogen (secondary N) is 2. The van der Waals surface area contributed by atoms with Crippen molar-refractivity contribution in [1.82, 2.24) is 20.4 Å². The van der Waals surface area contributed by atoms with Crippen LogP contribution in [-0.4, -0.2) is 178 Å². The second kappa shape index (κ2) is 23.0. The summed E-state index contributed by atoms with van der Waals surface area (Å²) in [5.74, 6) is -2.92. The molecule has 3 saturated heterocycles. The summed E-state index contributed by atoms with van der Waals surface area (Å²) >= 11 is 0. The lowest BCUT2D eigenvalue weighted by Gasteiger charge is -2.48. The first-order valence-electron chi connectivity index (χ1n) is 23.2. The summed E-state index contributed by atoms with van der Waals surface area (Å²) in [5.41, 5.74) is -3.71. The van der Waals surface area contributed by atoms with Crippen molar-refractivity contribution in [3.63, 3.8) is 0 Å². The number of nitrogens with zero attached hydrogens (tertiary/aromatic N) is 2. The van der Waals surface area contributed by atoms with E-state index >= 15 is 0 Å². The highest BCUT2D eigenvalue weighted by Crippen LogP contribution is 2.40. The smallest absolute Gasteiger partial charge is 0.315 e. The summed E-state index contributed by atoms with van der Waals surface area (Å²) in [6.45, 7) is 18.5. The van der Waals surface area contributed by atoms with Crippen molar-refractivity contribution in [2.75, 3.05) is 40.8 Å². The van der Waals surface area contributed by atoms with Crippen LogP contribution in [0, 0.1) is 17.8 Å². The number of amides is 2. The molecule has 4 rings (SSSR count). The topological polar surface area (TPSA) is 221 Å². The number of benzene rings is 1. The largest absolute Gasteiger partial charge is 0.459 e. The Hall–Kier alpha value is -2.52. The maximum absolute atomic E-state index is 14.5. The van der Waals surface area contributed by atoms with Crippen LogP contribution < -0.4 is 10.6 Å². The highest BCUT2D eigenvalue weighted by Gasteiger charge is 2.53. The number of likely N-dealkylation sites (N-methyl/N-ethyl adjacent to an activating group) is 1. The maximum Gasteiger partial charge on any atom is 0.315 e. The van der Waals surface area contributed by atoms with E-state index in [1.54, 1.807) is 48.5 Å². The Labute approximate surface area is 381 Å². The molecular weight excluding hydrogens is 829 g/mol. The number of methoxy groups -OCH3 is 1. The van der Waals surface area contributed by atoms with Gasteiger partial charge in [-0.25, -0.2) is 4.79 Å². The molecule has 18 atom stereocenters. The van der Waals surface area contributed by atoms with E-state index in [0.717, 1.165) is 5.56 Å². The van der Waals surface area contributed by atoms with Gasteiger partial charge < -0.3 is 69.5 Å². The monoisotopic (exact) mass is 911 g/mol. The van der Waals surface area contributed by atoms with E-state index in [-0.39, 0.29) is 56.4 Å². The number of hydrogen-bond acceptors (Lipinski definition) is 15. The first-order valence-corrected chi connectivity index (χ1v) is 23.2. The Balaban J connectivity index is 1.75. The van der Waals surface area contributed by atoms with Crippen LogP contribution >= 0.6 is 0 Å². The minimum absolute atomic E-state index is 0.0984. The summed E-state index contributed by atoms with van der Waals surface area (Å²) < 4.78 is 38.0. The van der Waals surface area contributed by atoms with Crippen molar-refractivity contribution in [1.29, 1.82) is 0 Å². The number of aliphatic hydroxyl groups is 5. The Morgan fingerprint density at radius 1 is 0.938 bits per heavy atom. The SMILES string of the molecule is CC[C@H]1OC(=O)[C@H](C)[C@@H](OC2C[C@@](C)(OC)[C@@H](O)[C@H](C)O2)[C@H](C)[C@@H](OC2O[C@H](C)C[C@H](N(C)C)[C@H]2O)[C@](C)(O)C[C@@H](C)CN(CCNC(=O)NCc2ccccc2)[C@H](C)[C@@H](O)[C@]1(C)O. The fourth-order valence-corrected chi connectivity index (χ4v) is 10.1. The lowest BCUT2D eigenvalue weighted by molar-refractivity contribution is -0.318. The molecule has 1 aromatic rings. The van der Waals surface area contributed by atoms with E-state index in [1.807, 2.05) is 68.1 Å². The maximum atomic E-state index is 14.5. The zero-order chi connectivity index (χ0) is 47.9. The quantitative estimate of drug-likeness (QED) is 0.150. The number of urea groups is 1. The number of rotatable bonds is 12. The predicted octanol–water partition coefficient (Wildman–Crippen LogP) is 2.77. The van der Waals surface area contributed by atoms with Gasteiger partial charge in [0.05, 0.1) is 41.5 Å². The van der Waals surface area contributed by atoms with Crippen LogP contribution in [0.4, 0.5) is 4.79 Å². The minimum Gasteiger partial charge on any atom is -0.459 e. The van der Waals surface area contributed by atoms with Crippen molar-refractivity contribution in [2.24, 2.45) is 17.8 Å². The summed E-state index contributed by atoms with van der Waals surface area (Å²) in [5, 5.41) is 65.5. The van der Waals surface area contributed by atoms with Gasteiger partial charge in [-0.05, 0) is 93.3 Å². The summed E-state index contributed by atoms with van der Waals surface area (Å²) in [6.07, 6.45) is -9.11. The predicted molar refractivity (Wildman–Crippen MR) is 240 cm³/mol. The number of hydrogen-bond donors (Lipinski definition) is 7. The van der Waals surface area contributed by atoms with Crippen LogP contribution in [0.15, 0.2) is 30.3 Å². The molecule has 3 heterocycles. The second-order valence-corrected chi connectivity index (χ2v) is 19.8. The first kappa shape index (κ1) is 54.1. The van der Waals surface area contributed by atoms with Crippen LogP contribution in [0.5, 0.6) is 0 Å². The van der Waals surface area contributed by atoms with E-state index < -0.39 is 96.0 Å². The van der Waals surface area contributed by atoms with Gasteiger partial charge in [-0.15, -0.1) is 0 Å². The van der Waals surface area contributed by atoms with Gasteiger partial charge in [0.25, 0.3) is 0 Å². The van der Waals surface area contributed by atoms with Crippen LogP contribution in [0.25, 0.3) is 0 Å². The number of carbonyl (C=O) groups is 2. The molecule has 0 bridgehead atoms. The zero-order valence-electron chi connectivity index (χ0n) is 40.6. The molecule has 368 valence electrons. The molecule has 2 unspecified atom stereocenters. The van der Waals surface area contributed by atoms with Crippen LogP contribution in [-0.2, 0) is 39.8 Å². The standard InChI is InChI=1S/C47H82N4O13/c1-14-35-47(10,58)39(53)31(6)51(21-20-48-44(56)49-25-33-18-16-15-17-19-33)26-27(2)23-45(8,57)41(64-43-37(52)34(50(11)12)22-28(3)60-43)29(4)38(30(5)42(55)62-35)63-36-24-46(9,59-13)40(54)32(7)61-36/h15-19,27-32,34-41,43,52-54,57-58H,14,20-26H2,1-13H3,(H2,48,49,56)/t27-,28-,29+,30-,31-,32+,34+,35-,36?,37-,38+,39-,40+,41-,43?,45-,46-,47-/m1/s1. The summed E-state index contributed by atoms with van der Waals surface area (Å²) in [4.78, 5) is 31.2. The van der Waals surface area contributed by atoms with Crippen LogP contribution in [0.3, 0.4) is 0 Å². The third kappa shape index (κ3) is 13.3. The van der Waals surface area contributed by atoms with Crippen molar-refractivity contribution >= 4 is 12.0 Å². The van der Waals surface area contributed by atoms with Crippen LogP contribution in [0.1, 0.15) is 100 Å². The van der Waals surface area contributed by atoms with E-state index in [0.29, 0.717) is 19.5 Å². The molecular formula is C47H82N4O13. The molecule has 3 aliphatic heterocycles. The average molecular weight is 911 g/mol. The molecule has 3 fully saturated rings. The fourth-order valence-electron chi connectivity index (χ4n) is 10.1. The molecule has 2 amide bonds. The Bertz CT molecular complexity index is 1610. The number of carbonyl (C=O) groups excluding carboxylic acids is 2. The lowest BCUT2D eigenvalue weighted by Crippen LogP contribution is -2.60. The first-order chi connectivity index (χ1) is 29.9. The van der Waals surface area contributed by atoms with Crippen molar-refractivity contribution < 1.29 is 63.5 Å². The van der Waals surface area contributed by atoms with E-state index in [9.17, 15) is 35.1 Å². The number of cyclic esters (lactones) is 1. The highest BCUT2D eigenvalue weighted by molar-refractivity contribution is 5.74. The van der Waals surface area contributed by atoms with E-state index in [1.165, 1.54) is 14.0 Å². The summed E-state index contributed by atoms with van der Waals surface area (Å²) in [7, 11) is 5.24. The van der Waals surface area contributed by atoms with Crippen molar-refractivity contribution in [3.8, 4) is 0 Å². The van der Waals surface area contributed by atoms with Gasteiger partial charge in [0.2, 0.25) is 0 Å². The summed E-state index contributed by atoms with van der Waals surface area (Å²) in [6, 6.07) is 8.12. The Morgan fingerprint density at radius 2 is 1.59 bits per heavy atom. The molecule has 17 heteroatoms. The van der Waals surface area contributed by atoms with E-state index in [4.69, 9.17) is 28.4 Å². The molecule has 1 aromatic carbocycles. The fraction of sp³-hybridized carbons (Fsp3) is 0.830. The van der Waals surface area contributed by atoms with Crippen LogP contribution in [0.2, 0.25) is 0 Å². The third-order valence-electron chi connectivity index (χ3n) is 14.0.